The van der Waals surface area contributed by atoms with Gasteiger partial charge >= 0.3 is 0 Å². The molecule has 1 unspecified atom stereocenters. The summed E-state index contributed by atoms with van der Waals surface area (Å²) in [5, 5.41) is 9.94. The average Bonchev–Trinajstić information content (AvgIpc) is 3.14. The number of benzene rings is 1. The lowest BCUT2D eigenvalue weighted by Gasteiger charge is -2.18. The van der Waals surface area contributed by atoms with Gasteiger partial charge in [-0.15, -0.1) is 11.3 Å². The Labute approximate surface area is 144 Å². The van der Waals surface area contributed by atoms with Crippen molar-refractivity contribution in [3.63, 3.8) is 0 Å². The Bertz CT molecular complexity index is 851. The van der Waals surface area contributed by atoms with Gasteiger partial charge in [-0.05, 0) is 24.3 Å². The van der Waals surface area contributed by atoms with E-state index in [1.54, 1.807) is 10.9 Å². The molecule has 1 aromatic carbocycles. The van der Waals surface area contributed by atoms with Crippen molar-refractivity contribution < 1.29 is 4.79 Å². The van der Waals surface area contributed by atoms with Crippen molar-refractivity contribution in [3.8, 4) is 10.6 Å². The summed E-state index contributed by atoms with van der Waals surface area (Å²) in [4.78, 5) is 17.1. The monoisotopic (exact) mass is 338 g/mol. The maximum Gasteiger partial charge on any atom is 0.271 e. The molecule has 0 saturated heterocycles. The molecule has 1 aliphatic rings. The molecule has 1 amide bonds. The highest BCUT2D eigenvalue weighted by atomic mass is 32.1. The van der Waals surface area contributed by atoms with E-state index in [0.717, 1.165) is 29.0 Å². The number of carbonyl (C=O) groups is 1. The highest BCUT2D eigenvalue weighted by Crippen LogP contribution is 2.41. The second kappa shape index (κ2) is 6.20. The van der Waals surface area contributed by atoms with Crippen LogP contribution < -0.4 is 5.32 Å². The van der Waals surface area contributed by atoms with E-state index in [4.69, 9.17) is 0 Å². The van der Waals surface area contributed by atoms with Gasteiger partial charge in [0.2, 0.25) is 0 Å². The van der Waals surface area contributed by atoms with Crippen LogP contribution in [0.2, 0.25) is 0 Å². The minimum Gasteiger partial charge on any atom is -0.344 e. The van der Waals surface area contributed by atoms with Crippen LogP contribution in [-0.4, -0.2) is 20.7 Å². The number of amides is 1. The number of hydrogen-bond donors (Lipinski definition) is 1. The molecule has 0 spiro atoms. The first-order valence-electron chi connectivity index (χ1n) is 8.01. The normalized spacial score (nSPS) is 15.2. The van der Waals surface area contributed by atoms with E-state index >= 15 is 0 Å². The summed E-state index contributed by atoms with van der Waals surface area (Å²) < 4.78 is 1.73. The number of thiazole rings is 1. The van der Waals surface area contributed by atoms with Crippen LogP contribution >= 0.6 is 11.3 Å². The molecule has 5 nitrogen and oxygen atoms in total. The summed E-state index contributed by atoms with van der Waals surface area (Å²) in [6.07, 6.45) is 5.99. The van der Waals surface area contributed by atoms with Gasteiger partial charge in [0.1, 0.15) is 10.7 Å². The van der Waals surface area contributed by atoms with Crippen LogP contribution in [0.4, 0.5) is 0 Å². The molecule has 1 saturated carbocycles. The Kier molecular flexibility index (Phi) is 3.90. The Morgan fingerprint density at radius 1 is 1.33 bits per heavy atom. The third kappa shape index (κ3) is 3.10. The largest absolute Gasteiger partial charge is 0.344 e. The maximum atomic E-state index is 12.6. The van der Waals surface area contributed by atoms with Crippen molar-refractivity contribution in [2.75, 3.05) is 0 Å². The Morgan fingerprint density at radius 3 is 2.79 bits per heavy atom. The Morgan fingerprint density at radius 2 is 2.12 bits per heavy atom. The first kappa shape index (κ1) is 15.1. The molecule has 6 heteroatoms. The predicted octanol–water partition coefficient (Wildman–Crippen LogP) is 3.42. The van der Waals surface area contributed by atoms with Crippen LogP contribution in [0.1, 0.15) is 34.9 Å². The molecule has 1 N–H and O–H groups in total. The molecule has 122 valence electrons. The summed E-state index contributed by atoms with van der Waals surface area (Å²) in [5.41, 5.74) is 2.57. The number of nitrogens with zero attached hydrogens (tertiary/aromatic N) is 3. The Balaban J connectivity index is 1.52. The van der Waals surface area contributed by atoms with Gasteiger partial charge < -0.3 is 5.32 Å². The van der Waals surface area contributed by atoms with Gasteiger partial charge in [-0.2, -0.15) is 5.10 Å². The van der Waals surface area contributed by atoms with E-state index in [2.05, 4.69) is 27.5 Å². The van der Waals surface area contributed by atoms with Crippen molar-refractivity contribution >= 4 is 17.2 Å². The SMILES string of the molecule is Cn1cc(-c2nc(C(=O)NC(c3ccccc3)C3CC3)cs2)cn1. The topological polar surface area (TPSA) is 59.8 Å². The fourth-order valence-electron chi connectivity index (χ4n) is 2.82. The molecule has 0 bridgehead atoms. The minimum absolute atomic E-state index is 0.0715. The zero-order chi connectivity index (χ0) is 16.5. The van der Waals surface area contributed by atoms with Crippen molar-refractivity contribution in [1.29, 1.82) is 0 Å². The van der Waals surface area contributed by atoms with Crippen molar-refractivity contribution in [3.05, 3.63) is 59.4 Å². The van der Waals surface area contributed by atoms with E-state index in [0.29, 0.717) is 11.6 Å². The number of rotatable bonds is 5. The van der Waals surface area contributed by atoms with Gasteiger partial charge in [0, 0.05) is 24.2 Å². The van der Waals surface area contributed by atoms with Gasteiger partial charge in [0.15, 0.2) is 0 Å². The lowest BCUT2D eigenvalue weighted by atomic mass is 10.0. The average molecular weight is 338 g/mol. The first-order chi connectivity index (χ1) is 11.7. The quantitative estimate of drug-likeness (QED) is 0.775. The molecule has 24 heavy (non-hydrogen) atoms. The molecule has 1 fully saturated rings. The number of aromatic nitrogens is 3. The maximum absolute atomic E-state index is 12.6. The smallest absolute Gasteiger partial charge is 0.271 e. The van der Waals surface area contributed by atoms with Crippen molar-refractivity contribution in [2.24, 2.45) is 13.0 Å². The molecule has 1 atom stereocenters. The van der Waals surface area contributed by atoms with Crippen LogP contribution in [0.5, 0.6) is 0 Å². The van der Waals surface area contributed by atoms with Gasteiger partial charge in [0.05, 0.1) is 12.2 Å². The zero-order valence-electron chi connectivity index (χ0n) is 13.3. The standard InChI is InChI=1S/C18H18N4OS/c1-22-10-14(9-19-22)18-20-15(11-24-18)17(23)21-16(13-7-8-13)12-5-3-2-4-6-12/h2-6,9-11,13,16H,7-8H2,1H3,(H,21,23). The summed E-state index contributed by atoms with van der Waals surface area (Å²) in [5.74, 6) is 0.426. The van der Waals surface area contributed by atoms with E-state index in [1.165, 1.54) is 11.3 Å². The highest BCUT2D eigenvalue weighted by Gasteiger charge is 2.33. The molecule has 2 aromatic heterocycles. The molecule has 1 aliphatic carbocycles. The van der Waals surface area contributed by atoms with Crippen LogP contribution in [-0.2, 0) is 7.05 Å². The van der Waals surface area contributed by atoms with E-state index in [1.807, 2.05) is 36.8 Å². The van der Waals surface area contributed by atoms with Crippen LogP contribution in [0.25, 0.3) is 10.6 Å². The summed E-state index contributed by atoms with van der Waals surface area (Å²) in [7, 11) is 1.87. The van der Waals surface area contributed by atoms with Crippen LogP contribution in [0.3, 0.4) is 0 Å². The molecule has 0 radical (unpaired) electrons. The Hall–Kier alpha value is -2.47. The van der Waals surface area contributed by atoms with Gasteiger partial charge in [-0.25, -0.2) is 4.98 Å². The van der Waals surface area contributed by atoms with Crippen LogP contribution in [0, 0.1) is 5.92 Å². The van der Waals surface area contributed by atoms with Crippen LogP contribution in [0.15, 0.2) is 48.1 Å². The lowest BCUT2D eigenvalue weighted by Crippen LogP contribution is -2.30. The number of aryl methyl sites for hydroxylation is 1. The summed E-state index contributed by atoms with van der Waals surface area (Å²) in [6.45, 7) is 0. The molecular weight excluding hydrogens is 320 g/mol. The molecular formula is C18H18N4OS. The van der Waals surface area contributed by atoms with E-state index in [-0.39, 0.29) is 11.9 Å². The summed E-state index contributed by atoms with van der Waals surface area (Å²) >= 11 is 1.47. The third-order valence-electron chi connectivity index (χ3n) is 4.23. The number of nitrogens with one attached hydrogen (secondary N) is 1. The predicted molar refractivity (Wildman–Crippen MR) is 93.7 cm³/mol. The van der Waals surface area contributed by atoms with Gasteiger partial charge in [-0.3, -0.25) is 9.48 Å². The van der Waals surface area contributed by atoms with Gasteiger partial charge in [-0.1, -0.05) is 30.3 Å². The fourth-order valence-corrected chi connectivity index (χ4v) is 3.60. The minimum atomic E-state index is -0.109. The summed E-state index contributed by atoms with van der Waals surface area (Å²) in [6, 6.07) is 10.2. The second-order valence-corrected chi connectivity index (χ2v) is 7.00. The van der Waals surface area contributed by atoms with Gasteiger partial charge in [0.25, 0.3) is 5.91 Å². The van der Waals surface area contributed by atoms with E-state index < -0.39 is 0 Å². The second-order valence-electron chi connectivity index (χ2n) is 6.14. The third-order valence-corrected chi connectivity index (χ3v) is 5.12. The molecule has 0 aliphatic heterocycles. The first-order valence-corrected chi connectivity index (χ1v) is 8.89. The zero-order valence-corrected chi connectivity index (χ0v) is 14.2. The molecule has 2 heterocycles. The molecule has 3 aromatic rings. The van der Waals surface area contributed by atoms with Crippen molar-refractivity contribution in [2.45, 2.75) is 18.9 Å². The van der Waals surface area contributed by atoms with Crippen molar-refractivity contribution in [1.82, 2.24) is 20.1 Å². The lowest BCUT2D eigenvalue weighted by molar-refractivity contribution is 0.0927. The fraction of sp³-hybridized carbons (Fsp3) is 0.278. The highest BCUT2D eigenvalue weighted by molar-refractivity contribution is 7.13. The number of carbonyl (C=O) groups excluding carboxylic acids is 1. The van der Waals surface area contributed by atoms with E-state index in [9.17, 15) is 4.79 Å². The number of hydrogen-bond acceptors (Lipinski definition) is 4. The molecule has 4 rings (SSSR count).